The number of hydrogen-bond acceptors (Lipinski definition) is 4. The van der Waals surface area contributed by atoms with Gasteiger partial charge in [-0.05, 0) is 104 Å². The highest BCUT2D eigenvalue weighted by Gasteiger charge is 2.20. The van der Waals surface area contributed by atoms with Crippen LogP contribution in [0.25, 0.3) is 106 Å². The van der Waals surface area contributed by atoms with Crippen LogP contribution in [0.4, 0.5) is 17.1 Å². The fourth-order valence-corrected chi connectivity index (χ4v) is 12.0. The molecule has 280 valence electrons. The summed E-state index contributed by atoms with van der Waals surface area (Å²) in [6.07, 6.45) is 0. The molecule has 0 fully saturated rings. The van der Waals surface area contributed by atoms with Crippen LogP contribution >= 0.6 is 22.7 Å². The quantitative estimate of drug-likeness (QED) is 0.172. The number of benzene rings is 10. The summed E-state index contributed by atoms with van der Waals surface area (Å²) in [5, 5.41) is 12.6. The Labute approximate surface area is 353 Å². The third-order valence-corrected chi connectivity index (χ3v) is 14.6. The Morgan fingerprint density at radius 3 is 1.75 bits per heavy atom. The Hall–Kier alpha value is -7.24. The Bertz CT molecular complexity index is 3830. The van der Waals surface area contributed by atoms with Crippen molar-refractivity contribution in [1.82, 2.24) is 0 Å². The molecule has 3 heterocycles. The SMILES string of the molecule is c1ccc2c(-c3ccc(N(c4ccc(-c5cccc6sc7ccc8c9ccccc9sc8c7c56)cc4)c4ccc5c(c4)oc4ccc6ccccc6c45)cc3)cccc2c1. The predicted molar refractivity (Wildman–Crippen MR) is 260 cm³/mol. The predicted octanol–water partition coefficient (Wildman–Crippen LogP) is 17.4. The zero-order valence-corrected chi connectivity index (χ0v) is 33.9. The third-order valence-electron chi connectivity index (χ3n) is 12.3. The summed E-state index contributed by atoms with van der Waals surface area (Å²) in [6.45, 7) is 0. The number of rotatable bonds is 5. The molecule has 13 aromatic rings. The molecule has 0 aliphatic rings. The number of hydrogen-bond donors (Lipinski definition) is 0. The molecule has 0 spiro atoms. The largest absolute Gasteiger partial charge is 0.456 e. The first-order chi connectivity index (χ1) is 29.7. The van der Waals surface area contributed by atoms with Crippen molar-refractivity contribution >= 4 is 124 Å². The van der Waals surface area contributed by atoms with Crippen molar-refractivity contribution in [3.63, 3.8) is 0 Å². The first-order valence-corrected chi connectivity index (χ1v) is 22.0. The maximum Gasteiger partial charge on any atom is 0.137 e. The fraction of sp³-hybridized carbons (Fsp3) is 0. The monoisotopic (exact) mass is 799 g/mol. The molecule has 0 saturated heterocycles. The van der Waals surface area contributed by atoms with Crippen molar-refractivity contribution in [2.24, 2.45) is 0 Å². The lowest BCUT2D eigenvalue weighted by molar-refractivity contribution is 0.669. The fourth-order valence-electron chi connectivity index (χ4n) is 9.50. The molecule has 0 amide bonds. The summed E-state index contributed by atoms with van der Waals surface area (Å²) < 4.78 is 12.0. The van der Waals surface area contributed by atoms with Gasteiger partial charge in [0.15, 0.2) is 0 Å². The minimum absolute atomic E-state index is 0.872. The van der Waals surface area contributed by atoms with Gasteiger partial charge in [-0.15, -0.1) is 22.7 Å². The molecule has 0 saturated carbocycles. The van der Waals surface area contributed by atoms with Crippen LogP contribution in [0.3, 0.4) is 0 Å². The first-order valence-electron chi connectivity index (χ1n) is 20.3. The number of thiophene rings is 2. The average molecular weight is 800 g/mol. The van der Waals surface area contributed by atoms with Crippen molar-refractivity contribution < 1.29 is 4.42 Å². The van der Waals surface area contributed by atoms with E-state index in [0.717, 1.165) is 39.0 Å². The van der Waals surface area contributed by atoms with Crippen molar-refractivity contribution in [2.75, 3.05) is 4.90 Å². The van der Waals surface area contributed by atoms with Crippen LogP contribution in [0.5, 0.6) is 0 Å². The van der Waals surface area contributed by atoms with Crippen molar-refractivity contribution in [1.29, 1.82) is 0 Å². The molecule has 10 aromatic carbocycles. The highest BCUT2D eigenvalue weighted by molar-refractivity contribution is 7.29. The molecule has 13 rings (SSSR count). The van der Waals surface area contributed by atoms with E-state index in [9.17, 15) is 0 Å². The maximum atomic E-state index is 6.61. The van der Waals surface area contributed by atoms with E-state index < -0.39 is 0 Å². The third kappa shape index (κ3) is 5.11. The van der Waals surface area contributed by atoms with E-state index in [2.05, 4.69) is 205 Å². The van der Waals surface area contributed by atoms with Gasteiger partial charge in [-0.25, -0.2) is 0 Å². The summed E-state index contributed by atoms with van der Waals surface area (Å²) in [7, 11) is 0. The normalized spacial score (nSPS) is 12.0. The van der Waals surface area contributed by atoms with E-state index in [1.807, 2.05) is 22.7 Å². The van der Waals surface area contributed by atoms with Crippen LogP contribution in [0.15, 0.2) is 205 Å². The van der Waals surface area contributed by atoms with E-state index in [-0.39, 0.29) is 0 Å². The van der Waals surface area contributed by atoms with Crippen molar-refractivity contribution in [2.45, 2.75) is 0 Å². The molecule has 0 unspecified atom stereocenters. The summed E-state index contributed by atoms with van der Waals surface area (Å²) >= 11 is 3.80. The zero-order valence-electron chi connectivity index (χ0n) is 32.2. The van der Waals surface area contributed by atoms with Gasteiger partial charge in [0.05, 0.1) is 0 Å². The summed E-state index contributed by atoms with van der Waals surface area (Å²) in [4.78, 5) is 2.35. The minimum atomic E-state index is 0.872. The first kappa shape index (κ1) is 33.7. The number of furan rings is 1. The molecular formula is C56H33NOS2. The lowest BCUT2D eigenvalue weighted by Gasteiger charge is -2.26. The number of anilines is 3. The molecule has 0 aliphatic heterocycles. The number of fused-ring (bicyclic) bond motifs is 13. The van der Waals surface area contributed by atoms with E-state index in [0.29, 0.717) is 0 Å². The highest BCUT2D eigenvalue weighted by Crippen LogP contribution is 2.48. The minimum Gasteiger partial charge on any atom is -0.456 e. The van der Waals surface area contributed by atoms with Crippen molar-refractivity contribution in [3.8, 4) is 22.3 Å². The van der Waals surface area contributed by atoms with Crippen LogP contribution in [0.1, 0.15) is 0 Å². The zero-order chi connectivity index (χ0) is 39.3. The molecule has 60 heavy (non-hydrogen) atoms. The van der Waals surface area contributed by atoms with Crippen LogP contribution < -0.4 is 4.90 Å². The van der Waals surface area contributed by atoms with Gasteiger partial charge in [-0.2, -0.15) is 0 Å². The second-order valence-corrected chi connectivity index (χ2v) is 17.7. The molecule has 0 atom stereocenters. The second kappa shape index (κ2) is 13.1. The van der Waals surface area contributed by atoms with E-state index in [1.165, 1.54) is 84.1 Å². The van der Waals surface area contributed by atoms with Gasteiger partial charge < -0.3 is 9.32 Å². The molecule has 0 radical (unpaired) electrons. The van der Waals surface area contributed by atoms with E-state index in [1.54, 1.807) is 0 Å². The van der Waals surface area contributed by atoms with Gasteiger partial charge in [0.2, 0.25) is 0 Å². The van der Waals surface area contributed by atoms with Crippen LogP contribution in [0, 0.1) is 0 Å². The summed E-state index contributed by atoms with van der Waals surface area (Å²) in [5.74, 6) is 0. The Kier molecular flexibility index (Phi) is 7.38. The second-order valence-electron chi connectivity index (χ2n) is 15.6. The Morgan fingerprint density at radius 1 is 0.333 bits per heavy atom. The maximum absolute atomic E-state index is 6.61. The smallest absolute Gasteiger partial charge is 0.137 e. The standard InChI is InChI=1S/C56H33NOS2/c1-3-12-41-34(9-1)11-7-15-42(41)36-19-24-38(25-20-36)57(40-28-29-47-49(33-40)58-48-31-23-35-10-2-4-13-43(35)53(47)48)39-26-21-37(22-27-39)44-16-8-18-51-54(44)55-52(59-51)32-30-46-45-14-5-6-17-50(45)60-56(46)55/h1-33H. The van der Waals surface area contributed by atoms with E-state index >= 15 is 0 Å². The average Bonchev–Trinajstić information content (AvgIpc) is 4.01. The molecule has 2 nitrogen and oxygen atoms in total. The molecular weight excluding hydrogens is 767 g/mol. The summed E-state index contributed by atoms with van der Waals surface area (Å²) in [6, 6.07) is 73.0. The molecule has 0 aliphatic carbocycles. The van der Waals surface area contributed by atoms with Crippen LogP contribution in [-0.4, -0.2) is 0 Å². The van der Waals surface area contributed by atoms with Gasteiger partial charge >= 0.3 is 0 Å². The van der Waals surface area contributed by atoms with Gasteiger partial charge in [0, 0.05) is 74.2 Å². The van der Waals surface area contributed by atoms with Gasteiger partial charge in [-0.3, -0.25) is 0 Å². The van der Waals surface area contributed by atoms with Gasteiger partial charge in [-0.1, -0.05) is 133 Å². The van der Waals surface area contributed by atoms with Gasteiger partial charge in [0.25, 0.3) is 0 Å². The molecule has 0 N–H and O–H groups in total. The topological polar surface area (TPSA) is 16.4 Å². The summed E-state index contributed by atoms with van der Waals surface area (Å²) in [5.41, 5.74) is 9.84. The Morgan fingerprint density at radius 2 is 0.933 bits per heavy atom. The molecule has 4 heteroatoms. The molecule has 3 aromatic heterocycles. The highest BCUT2D eigenvalue weighted by atomic mass is 32.1. The van der Waals surface area contributed by atoms with Crippen LogP contribution in [-0.2, 0) is 0 Å². The van der Waals surface area contributed by atoms with Gasteiger partial charge in [0.1, 0.15) is 11.2 Å². The molecule has 0 bridgehead atoms. The van der Waals surface area contributed by atoms with Crippen LogP contribution in [0.2, 0.25) is 0 Å². The number of nitrogens with zero attached hydrogens (tertiary/aromatic N) is 1. The van der Waals surface area contributed by atoms with Crippen molar-refractivity contribution in [3.05, 3.63) is 200 Å². The Balaban J connectivity index is 0.965. The lowest BCUT2D eigenvalue weighted by atomic mass is 9.97. The lowest BCUT2D eigenvalue weighted by Crippen LogP contribution is -2.09. The van der Waals surface area contributed by atoms with E-state index in [4.69, 9.17) is 4.42 Å².